The van der Waals surface area contributed by atoms with Gasteiger partial charge in [0.2, 0.25) is 0 Å². The molecule has 0 aliphatic rings. The van der Waals surface area contributed by atoms with Crippen LogP contribution in [0, 0.1) is 19.8 Å². The average molecular weight is 257 g/mol. The number of H-pyrrole nitrogens is 1. The number of nitrogens with zero attached hydrogens (tertiary/aromatic N) is 1. The molecule has 0 amide bonds. The quantitative estimate of drug-likeness (QED) is 0.861. The fraction of sp³-hybridized carbons (Fsp3) is 0.438. The molecule has 2 rings (SSSR count). The molecule has 1 aromatic heterocycles. The van der Waals surface area contributed by atoms with Gasteiger partial charge in [-0.1, -0.05) is 31.0 Å². The Hall–Kier alpha value is -1.61. The van der Waals surface area contributed by atoms with E-state index >= 15 is 0 Å². The van der Waals surface area contributed by atoms with Crippen molar-refractivity contribution in [1.82, 2.24) is 15.5 Å². The molecule has 102 valence electrons. The average Bonchev–Trinajstić information content (AvgIpc) is 2.75. The molecule has 0 saturated heterocycles. The van der Waals surface area contributed by atoms with Crippen molar-refractivity contribution in [3.05, 3.63) is 41.1 Å². The third kappa shape index (κ3) is 3.67. The Morgan fingerprint density at radius 3 is 2.47 bits per heavy atom. The van der Waals surface area contributed by atoms with Crippen molar-refractivity contribution in [3.8, 4) is 11.3 Å². The number of rotatable bonds is 5. The first kappa shape index (κ1) is 13.8. The Bertz CT molecular complexity index is 520. The van der Waals surface area contributed by atoms with Crippen molar-refractivity contribution < 1.29 is 0 Å². The fourth-order valence-corrected chi connectivity index (χ4v) is 2.31. The first-order valence-electron chi connectivity index (χ1n) is 6.88. The summed E-state index contributed by atoms with van der Waals surface area (Å²) in [5.74, 6) is 0.663. The monoisotopic (exact) mass is 257 g/mol. The third-order valence-corrected chi connectivity index (χ3v) is 3.10. The number of aromatic nitrogens is 2. The van der Waals surface area contributed by atoms with Crippen LogP contribution in [0.5, 0.6) is 0 Å². The maximum Gasteiger partial charge on any atom is 0.0695 e. The molecule has 2 aromatic rings. The van der Waals surface area contributed by atoms with Gasteiger partial charge in [0.25, 0.3) is 0 Å². The van der Waals surface area contributed by atoms with E-state index in [0.29, 0.717) is 5.92 Å². The zero-order valence-electron chi connectivity index (χ0n) is 12.2. The van der Waals surface area contributed by atoms with Gasteiger partial charge in [0.1, 0.15) is 0 Å². The molecule has 0 fully saturated rings. The summed E-state index contributed by atoms with van der Waals surface area (Å²) in [6.45, 7) is 10.6. The Labute approximate surface area is 115 Å². The second-order valence-electron chi connectivity index (χ2n) is 5.67. The number of benzene rings is 1. The van der Waals surface area contributed by atoms with Crippen LogP contribution in [0.3, 0.4) is 0 Å². The Morgan fingerprint density at radius 2 is 1.84 bits per heavy atom. The van der Waals surface area contributed by atoms with E-state index in [1.165, 1.54) is 22.3 Å². The van der Waals surface area contributed by atoms with Crippen LogP contribution >= 0.6 is 0 Å². The Balaban J connectivity index is 2.18. The minimum atomic E-state index is 0.663. The molecular weight excluding hydrogens is 234 g/mol. The number of aromatic amines is 1. The Kier molecular flexibility index (Phi) is 4.38. The zero-order chi connectivity index (χ0) is 13.8. The Morgan fingerprint density at radius 1 is 1.16 bits per heavy atom. The molecule has 0 spiro atoms. The third-order valence-electron chi connectivity index (χ3n) is 3.10. The lowest BCUT2D eigenvalue weighted by molar-refractivity contribution is 0.553. The number of hydrogen-bond donors (Lipinski definition) is 2. The predicted molar refractivity (Wildman–Crippen MR) is 80.0 cm³/mol. The van der Waals surface area contributed by atoms with Gasteiger partial charge < -0.3 is 5.32 Å². The van der Waals surface area contributed by atoms with Crippen molar-refractivity contribution in [2.45, 2.75) is 34.2 Å². The van der Waals surface area contributed by atoms with Gasteiger partial charge in [0.15, 0.2) is 0 Å². The summed E-state index contributed by atoms with van der Waals surface area (Å²) in [5, 5.41) is 10.8. The number of nitrogens with one attached hydrogen (secondary N) is 2. The smallest absolute Gasteiger partial charge is 0.0695 e. The maximum absolute atomic E-state index is 4.19. The lowest BCUT2D eigenvalue weighted by atomic mass is 10.0. The second-order valence-corrected chi connectivity index (χ2v) is 5.67. The van der Waals surface area contributed by atoms with E-state index in [4.69, 9.17) is 0 Å². The number of aryl methyl sites for hydroxylation is 2. The SMILES string of the molecule is Cc1cc(C)cc(-c2[nH]ncc2CNCC(C)C)c1. The van der Waals surface area contributed by atoms with Gasteiger partial charge >= 0.3 is 0 Å². The predicted octanol–water partition coefficient (Wildman–Crippen LogP) is 3.44. The van der Waals surface area contributed by atoms with Gasteiger partial charge in [-0.2, -0.15) is 5.10 Å². The largest absolute Gasteiger partial charge is 0.312 e. The normalized spacial score (nSPS) is 11.2. The highest BCUT2D eigenvalue weighted by Crippen LogP contribution is 2.23. The summed E-state index contributed by atoms with van der Waals surface area (Å²) in [7, 11) is 0. The highest BCUT2D eigenvalue weighted by atomic mass is 15.1. The summed E-state index contributed by atoms with van der Waals surface area (Å²) in [5.41, 5.74) is 6.14. The van der Waals surface area contributed by atoms with Gasteiger partial charge in [0, 0.05) is 17.7 Å². The van der Waals surface area contributed by atoms with Crippen LogP contribution in [0.1, 0.15) is 30.5 Å². The van der Waals surface area contributed by atoms with E-state index in [9.17, 15) is 0 Å². The highest BCUT2D eigenvalue weighted by Gasteiger charge is 2.08. The van der Waals surface area contributed by atoms with E-state index < -0.39 is 0 Å². The summed E-state index contributed by atoms with van der Waals surface area (Å²) < 4.78 is 0. The fourth-order valence-electron chi connectivity index (χ4n) is 2.31. The minimum Gasteiger partial charge on any atom is -0.312 e. The van der Waals surface area contributed by atoms with Crippen LogP contribution in [0.4, 0.5) is 0 Å². The van der Waals surface area contributed by atoms with Crippen LogP contribution in [-0.4, -0.2) is 16.7 Å². The van der Waals surface area contributed by atoms with Crippen LogP contribution in [0.2, 0.25) is 0 Å². The first-order chi connectivity index (χ1) is 9.06. The van der Waals surface area contributed by atoms with Crippen molar-refractivity contribution in [2.24, 2.45) is 5.92 Å². The summed E-state index contributed by atoms with van der Waals surface area (Å²) in [6, 6.07) is 6.59. The van der Waals surface area contributed by atoms with E-state index in [2.05, 4.69) is 61.4 Å². The maximum atomic E-state index is 4.19. The van der Waals surface area contributed by atoms with Crippen molar-refractivity contribution in [2.75, 3.05) is 6.54 Å². The summed E-state index contributed by atoms with van der Waals surface area (Å²) in [4.78, 5) is 0. The van der Waals surface area contributed by atoms with E-state index in [1.807, 2.05) is 6.20 Å². The van der Waals surface area contributed by atoms with Crippen LogP contribution in [-0.2, 0) is 6.54 Å². The molecular formula is C16H23N3. The molecule has 3 nitrogen and oxygen atoms in total. The molecule has 19 heavy (non-hydrogen) atoms. The topological polar surface area (TPSA) is 40.7 Å². The molecule has 1 aromatic carbocycles. The summed E-state index contributed by atoms with van der Waals surface area (Å²) in [6.07, 6.45) is 1.92. The lowest BCUT2D eigenvalue weighted by Gasteiger charge is -2.09. The minimum absolute atomic E-state index is 0.663. The standard InChI is InChI=1S/C16H23N3/c1-11(2)8-17-9-15-10-18-19-16(15)14-6-12(3)5-13(4)7-14/h5-7,10-11,17H,8-9H2,1-4H3,(H,18,19). The molecule has 0 saturated carbocycles. The highest BCUT2D eigenvalue weighted by molar-refractivity contribution is 5.64. The van der Waals surface area contributed by atoms with Crippen molar-refractivity contribution >= 4 is 0 Å². The number of hydrogen-bond acceptors (Lipinski definition) is 2. The first-order valence-corrected chi connectivity index (χ1v) is 6.88. The lowest BCUT2D eigenvalue weighted by Crippen LogP contribution is -2.19. The molecule has 0 atom stereocenters. The molecule has 0 radical (unpaired) electrons. The molecule has 2 N–H and O–H groups in total. The van der Waals surface area contributed by atoms with Gasteiger partial charge in [-0.05, 0) is 38.4 Å². The molecule has 0 unspecified atom stereocenters. The van der Waals surface area contributed by atoms with E-state index in [0.717, 1.165) is 18.8 Å². The van der Waals surface area contributed by atoms with Gasteiger partial charge in [0.05, 0.1) is 11.9 Å². The van der Waals surface area contributed by atoms with E-state index in [1.54, 1.807) is 0 Å². The molecule has 1 heterocycles. The molecule has 0 aliphatic carbocycles. The second kappa shape index (κ2) is 6.02. The molecule has 0 bridgehead atoms. The van der Waals surface area contributed by atoms with Gasteiger partial charge in [-0.3, -0.25) is 5.10 Å². The van der Waals surface area contributed by atoms with Gasteiger partial charge in [-0.15, -0.1) is 0 Å². The van der Waals surface area contributed by atoms with Crippen molar-refractivity contribution in [1.29, 1.82) is 0 Å². The van der Waals surface area contributed by atoms with Crippen LogP contribution in [0.25, 0.3) is 11.3 Å². The summed E-state index contributed by atoms with van der Waals surface area (Å²) >= 11 is 0. The zero-order valence-corrected chi connectivity index (χ0v) is 12.2. The molecule has 3 heteroatoms. The van der Waals surface area contributed by atoms with Crippen LogP contribution < -0.4 is 5.32 Å². The van der Waals surface area contributed by atoms with Gasteiger partial charge in [-0.25, -0.2) is 0 Å². The molecule has 0 aliphatic heterocycles. The van der Waals surface area contributed by atoms with Crippen LogP contribution in [0.15, 0.2) is 24.4 Å². The van der Waals surface area contributed by atoms with Crippen molar-refractivity contribution in [3.63, 3.8) is 0 Å². The van der Waals surface area contributed by atoms with E-state index in [-0.39, 0.29) is 0 Å².